The minimum atomic E-state index is -1.35. The Morgan fingerprint density at radius 1 is 1.30 bits per heavy atom. The van der Waals surface area contributed by atoms with E-state index in [4.69, 9.17) is 0 Å². The summed E-state index contributed by atoms with van der Waals surface area (Å²) in [5, 5.41) is 0. The molecule has 1 rings (SSSR count). The highest BCUT2D eigenvalue weighted by Gasteiger charge is 2.32. The molecular weight excluding hydrogens is 392 g/mol. The van der Waals surface area contributed by atoms with Gasteiger partial charge in [-0.2, -0.15) is 0 Å². The monoisotopic (exact) mass is 416 g/mol. The Morgan fingerprint density at radius 2 is 1.90 bits per heavy atom. The summed E-state index contributed by atoms with van der Waals surface area (Å²) in [6.45, 7) is 9.30. The second-order valence-corrected chi connectivity index (χ2v) is 13.7. The summed E-state index contributed by atoms with van der Waals surface area (Å²) in [5.74, 6) is 4.12. The standard InChI is InChI=1S/C17H26Br2Si/c1-5-20(6-2,7-3)13-12-17(4)11-9-8-10-15(17)14-16(18)19/h8,10,14-15H,5-7,9,11H2,1-4H3. The van der Waals surface area contributed by atoms with Gasteiger partial charge in [0.25, 0.3) is 0 Å². The van der Waals surface area contributed by atoms with E-state index in [1.807, 2.05) is 0 Å². The Morgan fingerprint density at radius 3 is 2.40 bits per heavy atom. The summed E-state index contributed by atoms with van der Waals surface area (Å²) in [7, 11) is -1.35. The van der Waals surface area contributed by atoms with Crippen LogP contribution in [0.25, 0.3) is 0 Å². The molecule has 0 nitrogen and oxygen atoms in total. The summed E-state index contributed by atoms with van der Waals surface area (Å²) < 4.78 is 1.03. The maximum atomic E-state index is 3.79. The molecule has 0 heterocycles. The van der Waals surface area contributed by atoms with Gasteiger partial charge in [0.05, 0.1) is 3.39 Å². The first-order chi connectivity index (χ1) is 9.41. The molecule has 0 N–H and O–H groups in total. The molecule has 0 aromatic carbocycles. The highest BCUT2D eigenvalue weighted by Crippen LogP contribution is 2.39. The molecule has 1 aliphatic rings. The zero-order chi connectivity index (χ0) is 15.2. The maximum absolute atomic E-state index is 3.79. The first-order valence-corrected chi connectivity index (χ1v) is 11.9. The Kier molecular flexibility index (Phi) is 7.32. The van der Waals surface area contributed by atoms with Crippen LogP contribution in [0.1, 0.15) is 40.5 Å². The van der Waals surface area contributed by atoms with Crippen molar-refractivity contribution in [2.75, 3.05) is 0 Å². The predicted molar refractivity (Wildman–Crippen MR) is 101 cm³/mol. The molecule has 0 aliphatic heterocycles. The highest BCUT2D eigenvalue weighted by atomic mass is 79.9. The summed E-state index contributed by atoms with van der Waals surface area (Å²) in [6.07, 6.45) is 9.14. The minimum absolute atomic E-state index is 0.0826. The van der Waals surface area contributed by atoms with Crippen LogP contribution in [-0.4, -0.2) is 8.07 Å². The van der Waals surface area contributed by atoms with Crippen LogP contribution in [0.5, 0.6) is 0 Å². The van der Waals surface area contributed by atoms with E-state index >= 15 is 0 Å². The molecular formula is C17H26Br2Si. The van der Waals surface area contributed by atoms with Gasteiger partial charge < -0.3 is 0 Å². The average molecular weight is 418 g/mol. The first kappa shape index (κ1) is 18.3. The molecule has 0 spiro atoms. The minimum Gasteiger partial charge on any atom is -0.131 e. The third-order valence-corrected chi connectivity index (χ3v) is 10.1. The first-order valence-electron chi connectivity index (χ1n) is 7.65. The number of hydrogen-bond acceptors (Lipinski definition) is 0. The van der Waals surface area contributed by atoms with Crippen LogP contribution in [0.3, 0.4) is 0 Å². The summed E-state index contributed by atoms with van der Waals surface area (Å²) in [5.41, 5.74) is 3.87. The van der Waals surface area contributed by atoms with Crippen LogP contribution in [-0.2, 0) is 0 Å². The molecule has 0 radical (unpaired) electrons. The predicted octanol–water partition coefficient (Wildman–Crippen LogP) is 6.64. The van der Waals surface area contributed by atoms with E-state index in [1.54, 1.807) is 0 Å². The fourth-order valence-corrected chi connectivity index (χ4v) is 5.97. The third kappa shape index (κ3) is 4.61. The quantitative estimate of drug-likeness (QED) is 0.273. The van der Waals surface area contributed by atoms with Crippen molar-refractivity contribution in [2.45, 2.75) is 58.7 Å². The summed E-state index contributed by atoms with van der Waals surface area (Å²) in [6, 6.07) is 3.84. The van der Waals surface area contributed by atoms with Crippen LogP contribution in [0.4, 0.5) is 0 Å². The van der Waals surface area contributed by atoms with Crippen molar-refractivity contribution in [1.82, 2.24) is 0 Å². The van der Waals surface area contributed by atoms with Crippen molar-refractivity contribution in [3.63, 3.8) is 0 Å². The zero-order valence-corrected chi connectivity index (χ0v) is 17.3. The van der Waals surface area contributed by atoms with E-state index in [0.717, 1.165) is 16.2 Å². The smallest absolute Gasteiger partial charge is 0.131 e. The zero-order valence-electron chi connectivity index (χ0n) is 13.1. The van der Waals surface area contributed by atoms with Gasteiger partial charge in [0.15, 0.2) is 0 Å². The Balaban J connectivity index is 3.09. The van der Waals surface area contributed by atoms with Gasteiger partial charge in [-0.05, 0) is 69.8 Å². The normalized spacial score (nSPS) is 25.8. The van der Waals surface area contributed by atoms with Crippen LogP contribution >= 0.6 is 31.9 Å². The van der Waals surface area contributed by atoms with Gasteiger partial charge >= 0.3 is 0 Å². The molecule has 112 valence electrons. The van der Waals surface area contributed by atoms with Crippen molar-refractivity contribution >= 4 is 39.9 Å². The van der Waals surface area contributed by atoms with Crippen molar-refractivity contribution in [2.24, 2.45) is 11.3 Å². The molecule has 0 fully saturated rings. The van der Waals surface area contributed by atoms with E-state index in [-0.39, 0.29) is 5.41 Å². The Bertz CT molecular complexity index is 425. The maximum Gasteiger partial charge on any atom is 0.137 e. The number of hydrogen-bond donors (Lipinski definition) is 0. The van der Waals surface area contributed by atoms with Gasteiger partial charge in [-0.1, -0.05) is 39.0 Å². The van der Waals surface area contributed by atoms with Crippen LogP contribution in [0.15, 0.2) is 21.6 Å². The fourth-order valence-electron chi connectivity index (χ4n) is 2.82. The SMILES string of the molecule is CC[Si](C#CC1(C)CCC=CC1C=C(Br)Br)(CC)CC. The Hall–Kier alpha value is 0.217. The van der Waals surface area contributed by atoms with Crippen molar-refractivity contribution < 1.29 is 0 Å². The van der Waals surface area contributed by atoms with Gasteiger partial charge in [-0.15, -0.1) is 11.5 Å². The molecule has 0 saturated carbocycles. The molecule has 0 aromatic heterocycles. The lowest BCUT2D eigenvalue weighted by Crippen LogP contribution is -2.32. The van der Waals surface area contributed by atoms with Crippen LogP contribution in [0.2, 0.25) is 18.1 Å². The van der Waals surface area contributed by atoms with Gasteiger partial charge in [-0.3, -0.25) is 0 Å². The molecule has 3 heteroatoms. The number of halogens is 2. The van der Waals surface area contributed by atoms with E-state index in [2.05, 4.69) is 89.2 Å². The fraction of sp³-hybridized carbons (Fsp3) is 0.647. The lowest BCUT2D eigenvalue weighted by molar-refractivity contribution is 0.335. The lowest BCUT2D eigenvalue weighted by atomic mass is 9.71. The second kappa shape index (κ2) is 8.01. The van der Waals surface area contributed by atoms with Crippen molar-refractivity contribution in [3.05, 3.63) is 21.6 Å². The number of rotatable bonds is 4. The van der Waals surface area contributed by atoms with E-state index in [0.29, 0.717) is 5.92 Å². The molecule has 0 aromatic rings. The van der Waals surface area contributed by atoms with Crippen LogP contribution < -0.4 is 0 Å². The molecule has 2 unspecified atom stereocenters. The van der Waals surface area contributed by atoms with E-state index in [1.165, 1.54) is 18.1 Å². The summed E-state index contributed by atoms with van der Waals surface area (Å²) in [4.78, 5) is 0. The molecule has 0 saturated heterocycles. The number of allylic oxidation sites excluding steroid dienone is 3. The van der Waals surface area contributed by atoms with Gasteiger partial charge in [0, 0.05) is 11.3 Å². The molecule has 20 heavy (non-hydrogen) atoms. The van der Waals surface area contributed by atoms with E-state index < -0.39 is 8.07 Å². The van der Waals surface area contributed by atoms with Crippen molar-refractivity contribution in [1.29, 1.82) is 0 Å². The van der Waals surface area contributed by atoms with Crippen LogP contribution in [0, 0.1) is 22.8 Å². The summed E-state index contributed by atoms with van der Waals surface area (Å²) >= 11 is 7.00. The second-order valence-electron chi connectivity index (χ2n) is 5.96. The van der Waals surface area contributed by atoms with Gasteiger partial charge in [0.1, 0.15) is 8.07 Å². The van der Waals surface area contributed by atoms with Gasteiger partial charge in [0.2, 0.25) is 0 Å². The molecule has 0 amide bonds. The average Bonchev–Trinajstić information content (AvgIpc) is 2.43. The molecule has 0 bridgehead atoms. The lowest BCUT2D eigenvalue weighted by Gasteiger charge is -2.33. The highest BCUT2D eigenvalue weighted by molar-refractivity contribution is 9.28. The molecule has 2 atom stereocenters. The molecule has 1 aliphatic carbocycles. The third-order valence-electron chi connectivity index (χ3n) is 4.86. The van der Waals surface area contributed by atoms with E-state index in [9.17, 15) is 0 Å². The Labute approximate surface area is 142 Å². The van der Waals surface area contributed by atoms with Gasteiger partial charge in [-0.25, -0.2) is 0 Å². The largest absolute Gasteiger partial charge is 0.137 e. The van der Waals surface area contributed by atoms with Crippen molar-refractivity contribution in [3.8, 4) is 11.5 Å². The topological polar surface area (TPSA) is 0 Å².